The molecule has 1 aliphatic heterocycles. The van der Waals surface area contributed by atoms with Crippen LogP contribution in [0.4, 0.5) is 5.69 Å². The van der Waals surface area contributed by atoms with Crippen molar-refractivity contribution in [3.63, 3.8) is 0 Å². The average Bonchev–Trinajstić information content (AvgIpc) is 3.53. The van der Waals surface area contributed by atoms with Gasteiger partial charge in [0.05, 0.1) is 33.8 Å². The third-order valence-corrected chi connectivity index (χ3v) is 7.97. The van der Waals surface area contributed by atoms with E-state index in [0.717, 1.165) is 32.1 Å². The molecule has 8 nitrogen and oxygen atoms in total. The van der Waals surface area contributed by atoms with Crippen LogP contribution in [0.5, 0.6) is 5.88 Å². The number of aryl methyl sites for hydroxylation is 1. The first-order chi connectivity index (χ1) is 14.3. The van der Waals surface area contributed by atoms with Crippen molar-refractivity contribution >= 4 is 27.2 Å². The van der Waals surface area contributed by atoms with Gasteiger partial charge in [-0.05, 0) is 37.8 Å². The van der Waals surface area contributed by atoms with Crippen LogP contribution in [0.25, 0.3) is 0 Å². The van der Waals surface area contributed by atoms with E-state index in [2.05, 4.69) is 9.46 Å². The van der Waals surface area contributed by atoms with Crippen LogP contribution < -0.4 is 0 Å². The third kappa shape index (κ3) is 3.86. The maximum atomic E-state index is 13.3. The molecule has 1 N–H and O–H groups in total. The highest BCUT2D eigenvalue weighted by Crippen LogP contribution is 2.43. The van der Waals surface area contributed by atoms with Gasteiger partial charge in [0.15, 0.2) is 5.78 Å². The molecule has 160 valence electrons. The minimum absolute atomic E-state index is 0.167. The Balaban J connectivity index is 1.81. The largest absolute Gasteiger partial charge is 0.493 e. The summed E-state index contributed by atoms with van der Waals surface area (Å²) >= 11 is 0. The Labute approximate surface area is 175 Å². The highest BCUT2D eigenvalue weighted by atomic mass is 32.2. The lowest BCUT2D eigenvalue weighted by molar-refractivity contribution is 0.0601. The van der Waals surface area contributed by atoms with Crippen LogP contribution in [0, 0.1) is 0 Å². The van der Waals surface area contributed by atoms with E-state index in [4.69, 9.17) is 4.74 Å². The van der Waals surface area contributed by atoms with Crippen LogP contribution in [-0.4, -0.2) is 49.5 Å². The molecular formula is C21H25N3O5S. The Morgan fingerprint density at radius 3 is 2.57 bits per heavy atom. The van der Waals surface area contributed by atoms with Crippen molar-refractivity contribution in [1.29, 1.82) is 0 Å². The van der Waals surface area contributed by atoms with Crippen molar-refractivity contribution in [1.82, 2.24) is 9.78 Å². The molecule has 1 saturated carbocycles. The predicted octanol–water partition coefficient (Wildman–Crippen LogP) is 3.30. The smallest absolute Gasteiger partial charge is 0.340 e. The maximum absolute atomic E-state index is 13.3. The number of methoxy groups -OCH3 is 1. The van der Waals surface area contributed by atoms with E-state index in [-0.39, 0.29) is 34.2 Å². The van der Waals surface area contributed by atoms with E-state index < -0.39 is 21.5 Å². The zero-order valence-electron chi connectivity index (χ0n) is 17.1. The van der Waals surface area contributed by atoms with Gasteiger partial charge in [-0.1, -0.05) is 12.5 Å². The van der Waals surface area contributed by atoms with E-state index in [1.165, 1.54) is 30.0 Å². The summed E-state index contributed by atoms with van der Waals surface area (Å²) in [6.07, 6.45) is 4.52. The SMILES string of the molecule is COC(=O)c1ccc(C(=O)c2c(C3CC3)nn(C)c2O)cc1N=S1(=O)CCCCC1. The monoisotopic (exact) mass is 431 g/mol. The fourth-order valence-electron chi connectivity index (χ4n) is 3.78. The summed E-state index contributed by atoms with van der Waals surface area (Å²) in [5, 5.41) is 14.7. The first-order valence-electron chi connectivity index (χ1n) is 10.1. The van der Waals surface area contributed by atoms with Crippen molar-refractivity contribution in [3.05, 3.63) is 40.6 Å². The summed E-state index contributed by atoms with van der Waals surface area (Å²) in [5.74, 6) is -0.0626. The van der Waals surface area contributed by atoms with Gasteiger partial charge in [0.25, 0.3) is 0 Å². The highest BCUT2D eigenvalue weighted by Gasteiger charge is 2.34. The zero-order chi connectivity index (χ0) is 21.5. The first-order valence-corrected chi connectivity index (χ1v) is 11.9. The van der Waals surface area contributed by atoms with Gasteiger partial charge in [-0.3, -0.25) is 4.79 Å². The van der Waals surface area contributed by atoms with Gasteiger partial charge in [0.2, 0.25) is 5.88 Å². The molecule has 0 spiro atoms. The highest BCUT2D eigenvalue weighted by molar-refractivity contribution is 7.93. The fourth-order valence-corrected chi connectivity index (χ4v) is 5.98. The summed E-state index contributed by atoms with van der Waals surface area (Å²) in [7, 11) is 0.365. The molecule has 1 aromatic carbocycles. The minimum Gasteiger partial charge on any atom is -0.493 e. The number of carbonyl (C=O) groups is 2. The van der Waals surface area contributed by atoms with Crippen molar-refractivity contribution < 1.29 is 23.6 Å². The average molecular weight is 432 g/mol. The second kappa shape index (κ2) is 7.86. The molecule has 0 atom stereocenters. The number of hydrogen-bond donors (Lipinski definition) is 1. The Morgan fingerprint density at radius 2 is 1.93 bits per heavy atom. The summed E-state index contributed by atoms with van der Waals surface area (Å²) in [5.41, 5.74) is 1.38. The van der Waals surface area contributed by atoms with Gasteiger partial charge in [-0.25, -0.2) is 13.7 Å². The number of nitrogens with zero attached hydrogens (tertiary/aromatic N) is 3. The van der Waals surface area contributed by atoms with E-state index in [0.29, 0.717) is 17.2 Å². The number of rotatable bonds is 5. The molecule has 2 fully saturated rings. The quantitative estimate of drug-likeness (QED) is 0.574. The fraction of sp³-hybridized carbons (Fsp3) is 0.476. The van der Waals surface area contributed by atoms with Gasteiger partial charge in [-0.2, -0.15) is 9.46 Å². The zero-order valence-corrected chi connectivity index (χ0v) is 17.9. The standard InChI is InChI=1S/C21H25N3O5S/c1-24-20(26)17(18(22-24)13-6-7-13)19(25)14-8-9-15(21(27)29-2)16(12-14)23-30(28)10-4-3-5-11-30/h8-9,12-13,26H,3-7,10-11H2,1-2H3. The van der Waals surface area contributed by atoms with Crippen LogP contribution in [0.3, 0.4) is 0 Å². The number of carbonyl (C=O) groups excluding carboxylic acids is 2. The molecule has 1 aliphatic carbocycles. The first kappa shape index (κ1) is 20.6. The molecule has 0 unspecified atom stereocenters. The number of aromatic hydroxyl groups is 1. The van der Waals surface area contributed by atoms with Crippen molar-refractivity contribution in [2.75, 3.05) is 18.6 Å². The van der Waals surface area contributed by atoms with Gasteiger partial charge in [-0.15, -0.1) is 0 Å². The lowest BCUT2D eigenvalue weighted by Gasteiger charge is -2.16. The maximum Gasteiger partial charge on any atom is 0.340 e. The van der Waals surface area contributed by atoms with Gasteiger partial charge in [0.1, 0.15) is 5.56 Å². The lowest BCUT2D eigenvalue weighted by atomic mass is 9.99. The van der Waals surface area contributed by atoms with Gasteiger partial charge >= 0.3 is 5.97 Å². The second-order valence-corrected chi connectivity index (χ2v) is 10.4. The molecule has 0 radical (unpaired) electrons. The molecule has 30 heavy (non-hydrogen) atoms. The van der Waals surface area contributed by atoms with Crippen LogP contribution in [0.2, 0.25) is 0 Å². The van der Waals surface area contributed by atoms with Crippen molar-refractivity contribution in [2.24, 2.45) is 11.4 Å². The Morgan fingerprint density at radius 1 is 1.23 bits per heavy atom. The predicted molar refractivity (Wildman–Crippen MR) is 112 cm³/mol. The van der Waals surface area contributed by atoms with Crippen LogP contribution >= 0.6 is 0 Å². The topological polar surface area (TPSA) is 111 Å². The summed E-state index contributed by atoms with van der Waals surface area (Å²) in [6.45, 7) is 0. The number of benzene rings is 1. The van der Waals surface area contributed by atoms with Crippen molar-refractivity contribution in [3.8, 4) is 5.88 Å². The van der Waals surface area contributed by atoms with Gasteiger partial charge < -0.3 is 9.84 Å². The molecule has 1 saturated heterocycles. The van der Waals surface area contributed by atoms with Gasteiger partial charge in [0, 0.05) is 30.0 Å². The number of hydrogen-bond acceptors (Lipinski definition) is 7. The number of ketones is 1. The summed E-state index contributed by atoms with van der Waals surface area (Å²) in [4.78, 5) is 25.5. The molecule has 2 heterocycles. The Bertz CT molecular complexity index is 1130. The van der Waals surface area contributed by atoms with Crippen LogP contribution in [0.1, 0.15) is 70.0 Å². The molecule has 9 heteroatoms. The molecule has 1 aromatic heterocycles. The lowest BCUT2D eigenvalue weighted by Crippen LogP contribution is -2.16. The van der Waals surface area contributed by atoms with Crippen molar-refractivity contribution in [2.45, 2.75) is 38.0 Å². The van der Waals surface area contributed by atoms with E-state index in [1.807, 2.05) is 0 Å². The second-order valence-electron chi connectivity index (χ2n) is 7.87. The molecule has 4 rings (SSSR count). The van der Waals surface area contributed by atoms with E-state index in [1.54, 1.807) is 7.05 Å². The normalized spacial score (nSPS) is 18.1. The molecule has 2 aromatic rings. The minimum atomic E-state index is -2.49. The van der Waals surface area contributed by atoms with E-state index in [9.17, 15) is 18.9 Å². The van der Waals surface area contributed by atoms with Crippen LogP contribution in [0.15, 0.2) is 22.6 Å². The molecule has 2 aliphatic rings. The van der Waals surface area contributed by atoms with Crippen LogP contribution in [-0.2, 0) is 21.5 Å². The summed E-state index contributed by atoms with van der Waals surface area (Å²) in [6, 6.07) is 4.44. The Kier molecular flexibility index (Phi) is 5.40. The molecule has 0 amide bonds. The third-order valence-electron chi connectivity index (χ3n) is 5.59. The number of aromatic nitrogens is 2. The number of esters is 1. The molecular weight excluding hydrogens is 406 g/mol. The molecule has 0 bridgehead atoms. The number of ether oxygens (including phenoxy) is 1. The van der Waals surface area contributed by atoms with E-state index >= 15 is 0 Å². The summed E-state index contributed by atoms with van der Waals surface area (Å²) < 4.78 is 23.7. The Hall–Kier alpha value is -2.68.